The van der Waals surface area contributed by atoms with Gasteiger partial charge in [-0.2, -0.15) is 0 Å². The summed E-state index contributed by atoms with van der Waals surface area (Å²) >= 11 is 5.69. The van der Waals surface area contributed by atoms with E-state index in [9.17, 15) is 4.79 Å². The standard InChI is InChI=1S/C23H35N5O3S/c1-26(2)8-5-7-24-23(32)28(10-6-9-27(3)4)16-18-13-17-14-20-21(31-12-11-30-20)15-19(17)25-22(18)29/h13-15H,5-12,16H2,1-4H3,(H,24,32)(H,25,29). The van der Waals surface area contributed by atoms with Gasteiger partial charge in [-0.05, 0) is 78.5 Å². The van der Waals surface area contributed by atoms with Crippen LogP contribution in [0.25, 0.3) is 10.9 Å². The molecule has 3 rings (SSSR count). The molecule has 0 saturated heterocycles. The first-order valence-corrected chi connectivity index (χ1v) is 11.5. The van der Waals surface area contributed by atoms with Crippen LogP contribution in [-0.4, -0.2) is 92.4 Å². The van der Waals surface area contributed by atoms with Gasteiger partial charge >= 0.3 is 0 Å². The largest absolute Gasteiger partial charge is 0.486 e. The molecule has 32 heavy (non-hydrogen) atoms. The molecule has 9 heteroatoms. The van der Waals surface area contributed by atoms with Crippen molar-refractivity contribution >= 4 is 28.2 Å². The predicted octanol–water partition coefficient (Wildman–Crippen LogP) is 1.88. The molecule has 1 aliphatic heterocycles. The monoisotopic (exact) mass is 461 g/mol. The molecule has 8 nitrogen and oxygen atoms in total. The number of hydrogen-bond donors (Lipinski definition) is 2. The number of hydrogen-bond acceptors (Lipinski definition) is 6. The van der Waals surface area contributed by atoms with E-state index in [4.69, 9.17) is 21.7 Å². The van der Waals surface area contributed by atoms with E-state index >= 15 is 0 Å². The number of aromatic amines is 1. The molecule has 1 aromatic carbocycles. The number of H-pyrrole nitrogens is 1. The summed E-state index contributed by atoms with van der Waals surface area (Å²) < 4.78 is 11.3. The van der Waals surface area contributed by atoms with Crippen LogP contribution in [0.1, 0.15) is 18.4 Å². The van der Waals surface area contributed by atoms with Gasteiger partial charge in [0.05, 0.1) is 12.1 Å². The van der Waals surface area contributed by atoms with Crippen LogP contribution in [0.4, 0.5) is 0 Å². The molecule has 0 bridgehead atoms. The Morgan fingerprint density at radius 3 is 2.34 bits per heavy atom. The van der Waals surface area contributed by atoms with E-state index in [1.807, 2.05) is 18.2 Å². The minimum Gasteiger partial charge on any atom is -0.486 e. The Labute approximate surface area is 195 Å². The highest BCUT2D eigenvalue weighted by molar-refractivity contribution is 7.80. The number of rotatable bonds is 10. The molecule has 176 valence electrons. The summed E-state index contributed by atoms with van der Waals surface area (Å²) in [7, 11) is 8.24. The van der Waals surface area contributed by atoms with Crippen molar-refractivity contribution in [2.24, 2.45) is 0 Å². The molecule has 0 fully saturated rings. The van der Waals surface area contributed by atoms with E-state index in [2.05, 4.69) is 53.2 Å². The van der Waals surface area contributed by atoms with E-state index in [1.54, 1.807) is 0 Å². The molecule has 0 atom stereocenters. The summed E-state index contributed by atoms with van der Waals surface area (Å²) in [5.41, 5.74) is 1.31. The highest BCUT2D eigenvalue weighted by atomic mass is 32.1. The van der Waals surface area contributed by atoms with E-state index in [0.29, 0.717) is 41.9 Å². The highest BCUT2D eigenvalue weighted by Crippen LogP contribution is 2.33. The zero-order chi connectivity index (χ0) is 23.1. The van der Waals surface area contributed by atoms with Crippen molar-refractivity contribution < 1.29 is 9.47 Å². The van der Waals surface area contributed by atoms with Crippen LogP contribution in [0.3, 0.4) is 0 Å². The van der Waals surface area contributed by atoms with Gasteiger partial charge in [0.1, 0.15) is 13.2 Å². The average molecular weight is 462 g/mol. The first-order valence-electron chi connectivity index (χ1n) is 11.1. The Morgan fingerprint density at radius 1 is 1.00 bits per heavy atom. The van der Waals surface area contributed by atoms with E-state index in [1.165, 1.54) is 0 Å². The van der Waals surface area contributed by atoms with E-state index in [-0.39, 0.29) is 5.56 Å². The van der Waals surface area contributed by atoms with Gasteiger partial charge in [-0.15, -0.1) is 0 Å². The van der Waals surface area contributed by atoms with Gasteiger partial charge in [-0.1, -0.05) is 0 Å². The molecule has 1 aromatic heterocycles. The molecule has 0 saturated carbocycles. The molecule has 2 N–H and O–H groups in total. The van der Waals surface area contributed by atoms with Gasteiger partial charge in [0, 0.05) is 30.1 Å². The second-order valence-corrected chi connectivity index (χ2v) is 9.06. The molecule has 0 aliphatic carbocycles. The molecule has 2 heterocycles. The molecule has 2 aromatic rings. The topological polar surface area (TPSA) is 73.1 Å². The normalized spacial score (nSPS) is 13.1. The first kappa shape index (κ1) is 24.3. The lowest BCUT2D eigenvalue weighted by Crippen LogP contribution is -2.42. The number of aromatic nitrogens is 1. The quantitative estimate of drug-likeness (QED) is 0.411. The summed E-state index contributed by atoms with van der Waals surface area (Å²) in [4.78, 5) is 22.2. The molecule has 1 aliphatic rings. The fourth-order valence-electron chi connectivity index (χ4n) is 3.64. The third-order valence-electron chi connectivity index (χ3n) is 5.32. The minimum absolute atomic E-state index is 0.109. The second-order valence-electron chi connectivity index (χ2n) is 8.67. The molecular weight excluding hydrogens is 426 g/mol. The minimum atomic E-state index is -0.109. The summed E-state index contributed by atoms with van der Waals surface area (Å²) in [6.07, 6.45) is 1.96. The van der Waals surface area contributed by atoms with Crippen molar-refractivity contribution in [3.05, 3.63) is 34.1 Å². The van der Waals surface area contributed by atoms with Gasteiger partial charge in [-0.25, -0.2) is 0 Å². The van der Waals surface area contributed by atoms with Crippen LogP contribution in [0.5, 0.6) is 11.5 Å². The first-order chi connectivity index (χ1) is 15.3. The van der Waals surface area contributed by atoms with Gasteiger partial charge in [0.25, 0.3) is 5.56 Å². The molecule has 0 radical (unpaired) electrons. The van der Waals surface area contributed by atoms with Crippen molar-refractivity contribution in [3.63, 3.8) is 0 Å². The maximum absolute atomic E-state index is 12.8. The van der Waals surface area contributed by atoms with Crippen molar-refractivity contribution in [1.29, 1.82) is 0 Å². The predicted molar refractivity (Wildman–Crippen MR) is 133 cm³/mol. The number of ether oxygens (including phenoxy) is 2. The van der Waals surface area contributed by atoms with Gasteiger partial charge < -0.3 is 34.5 Å². The lowest BCUT2D eigenvalue weighted by molar-refractivity contribution is 0.172. The van der Waals surface area contributed by atoms with Crippen LogP contribution in [0.2, 0.25) is 0 Å². The maximum Gasteiger partial charge on any atom is 0.253 e. The number of nitrogens with one attached hydrogen (secondary N) is 2. The Balaban J connectivity index is 1.76. The summed E-state index contributed by atoms with van der Waals surface area (Å²) in [5.74, 6) is 1.38. The fraction of sp³-hybridized carbons (Fsp3) is 0.565. The van der Waals surface area contributed by atoms with Gasteiger partial charge in [0.2, 0.25) is 0 Å². The van der Waals surface area contributed by atoms with E-state index < -0.39 is 0 Å². The Bertz CT molecular complexity index is 976. The lowest BCUT2D eigenvalue weighted by Gasteiger charge is -2.27. The van der Waals surface area contributed by atoms with Crippen molar-refractivity contribution in [3.8, 4) is 11.5 Å². The van der Waals surface area contributed by atoms with Crippen molar-refractivity contribution in [1.82, 2.24) is 25.0 Å². The van der Waals surface area contributed by atoms with Crippen molar-refractivity contribution in [2.45, 2.75) is 19.4 Å². The Kier molecular flexibility index (Phi) is 8.72. The van der Waals surface area contributed by atoms with Gasteiger partial charge in [-0.3, -0.25) is 4.79 Å². The molecular formula is C23H35N5O3S. The van der Waals surface area contributed by atoms with Crippen LogP contribution in [0, 0.1) is 0 Å². The second kappa shape index (κ2) is 11.5. The van der Waals surface area contributed by atoms with Crippen LogP contribution < -0.4 is 20.3 Å². The number of pyridine rings is 1. The van der Waals surface area contributed by atoms with Crippen LogP contribution in [0.15, 0.2) is 23.0 Å². The summed E-state index contributed by atoms with van der Waals surface area (Å²) in [5, 5.41) is 4.97. The number of nitrogens with zero attached hydrogens (tertiary/aromatic N) is 3. The van der Waals surface area contributed by atoms with Crippen LogP contribution >= 0.6 is 12.2 Å². The fourth-order valence-corrected chi connectivity index (χ4v) is 3.90. The summed E-state index contributed by atoms with van der Waals surface area (Å²) in [6.45, 7) is 5.03. The molecule has 0 amide bonds. The van der Waals surface area contributed by atoms with Gasteiger partial charge in [0.15, 0.2) is 16.6 Å². The zero-order valence-electron chi connectivity index (χ0n) is 19.6. The Hall–Kier alpha value is -2.36. The number of benzene rings is 1. The smallest absolute Gasteiger partial charge is 0.253 e. The third-order valence-corrected chi connectivity index (χ3v) is 5.73. The van der Waals surface area contributed by atoms with Crippen LogP contribution in [-0.2, 0) is 6.54 Å². The lowest BCUT2D eigenvalue weighted by atomic mass is 10.1. The third kappa shape index (κ3) is 6.82. The summed E-state index contributed by atoms with van der Waals surface area (Å²) in [6, 6.07) is 5.69. The van der Waals surface area contributed by atoms with E-state index in [0.717, 1.165) is 49.9 Å². The average Bonchev–Trinajstić information content (AvgIpc) is 2.74. The maximum atomic E-state index is 12.8. The highest BCUT2D eigenvalue weighted by Gasteiger charge is 2.16. The Morgan fingerprint density at radius 2 is 1.66 bits per heavy atom. The SMILES string of the molecule is CN(C)CCCNC(=S)N(CCCN(C)C)Cc1cc2cc3c(cc2[nH]c1=O)OCCO3. The molecule has 0 unspecified atom stereocenters. The van der Waals surface area contributed by atoms with Crippen molar-refractivity contribution in [2.75, 3.05) is 67.6 Å². The molecule has 0 spiro atoms. The number of thiocarbonyl (C=S) groups is 1. The zero-order valence-corrected chi connectivity index (χ0v) is 20.4. The number of fused-ring (bicyclic) bond motifs is 2.